The summed E-state index contributed by atoms with van der Waals surface area (Å²) in [6.07, 6.45) is 6.06. The molecular formula is C33H28F3N5O3. The monoisotopic (exact) mass is 599 g/mol. The number of hydrogen-bond acceptors (Lipinski definition) is 8. The van der Waals surface area contributed by atoms with Gasteiger partial charge in [0.05, 0.1) is 30.3 Å². The zero-order valence-electron chi connectivity index (χ0n) is 23.7. The van der Waals surface area contributed by atoms with Crippen LogP contribution in [0, 0.1) is 35.3 Å². The minimum atomic E-state index is -0.946. The quantitative estimate of drug-likeness (QED) is 0.317. The SMILES string of the molecule is C#Cc1c(F)ccc2cc(O)cc(-c3ccc4c(N5CCOC(C#N)C5)nc(OC[C@@]56CCCN5C[C@H](F)C6)nc4c3F)c12. The highest BCUT2D eigenvalue weighted by Crippen LogP contribution is 2.42. The topological polar surface area (TPSA) is 94.7 Å². The molecule has 3 aromatic carbocycles. The molecule has 0 aliphatic carbocycles. The fourth-order valence-electron chi connectivity index (χ4n) is 6.99. The Balaban J connectivity index is 1.38. The maximum absolute atomic E-state index is 16.7. The summed E-state index contributed by atoms with van der Waals surface area (Å²) in [7, 11) is 0. The van der Waals surface area contributed by atoms with Gasteiger partial charge in [-0.05, 0) is 54.6 Å². The second-order valence-electron chi connectivity index (χ2n) is 11.6. The van der Waals surface area contributed by atoms with Crippen LogP contribution in [0.25, 0.3) is 32.8 Å². The van der Waals surface area contributed by atoms with E-state index < -0.39 is 29.4 Å². The van der Waals surface area contributed by atoms with Crippen LogP contribution >= 0.6 is 0 Å². The Labute approximate surface area is 251 Å². The molecule has 0 saturated carbocycles. The van der Waals surface area contributed by atoms with Gasteiger partial charge in [-0.25, -0.2) is 13.2 Å². The van der Waals surface area contributed by atoms with E-state index >= 15 is 4.39 Å². The van der Waals surface area contributed by atoms with Gasteiger partial charge in [-0.3, -0.25) is 4.90 Å². The fourth-order valence-corrected chi connectivity index (χ4v) is 6.99. The number of anilines is 1. The number of nitrogens with zero attached hydrogens (tertiary/aromatic N) is 5. The van der Waals surface area contributed by atoms with Crippen molar-refractivity contribution in [2.75, 3.05) is 44.3 Å². The van der Waals surface area contributed by atoms with E-state index in [1.165, 1.54) is 30.3 Å². The third-order valence-corrected chi connectivity index (χ3v) is 8.99. The first kappa shape index (κ1) is 28.2. The summed E-state index contributed by atoms with van der Waals surface area (Å²) in [4.78, 5) is 13.1. The van der Waals surface area contributed by atoms with Crippen molar-refractivity contribution < 1.29 is 27.8 Å². The first-order chi connectivity index (χ1) is 21.3. The Morgan fingerprint density at radius 2 is 2.00 bits per heavy atom. The minimum absolute atomic E-state index is 0.0459. The van der Waals surface area contributed by atoms with Crippen LogP contribution in [-0.4, -0.2) is 77.2 Å². The number of rotatable bonds is 5. The molecule has 3 saturated heterocycles. The number of hydrogen-bond donors (Lipinski definition) is 1. The molecule has 44 heavy (non-hydrogen) atoms. The highest BCUT2D eigenvalue weighted by Gasteiger charge is 2.49. The maximum Gasteiger partial charge on any atom is 0.319 e. The van der Waals surface area contributed by atoms with E-state index in [0.717, 1.165) is 19.4 Å². The van der Waals surface area contributed by atoms with E-state index in [9.17, 15) is 19.1 Å². The number of fused-ring (bicyclic) bond motifs is 3. The number of aromatic nitrogens is 2. The lowest BCUT2D eigenvalue weighted by molar-refractivity contribution is 0.0760. The average Bonchev–Trinajstić information content (AvgIpc) is 3.55. The van der Waals surface area contributed by atoms with Crippen LogP contribution in [0.2, 0.25) is 0 Å². The zero-order valence-corrected chi connectivity index (χ0v) is 23.7. The predicted octanol–water partition coefficient (Wildman–Crippen LogP) is 5.10. The van der Waals surface area contributed by atoms with Crippen molar-refractivity contribution in [3.8, 4) is 41.3 Å². The molecule has 4 heterocycles. The number of phenolic OH excluding ortho intramolecular Hbond substituents is 1. The van der Waals surface area contributed by atoms with Crippen LogP contribution in [0.3, 0.4) is 0 Å². The summed E-state index contributed by atoms with van der Waals surface area (Å²) in [6, 6.07) is 10.7. The first-order valence-electron chi connectivity index (χ1n) is 14.5. The summed E-state index contributed by atoms with van der Waals surface area (Å²) in [5.74, 6) is 1.19. The normalized spacial score (nSPS) is 23.5. The van der Waals surface area contributed by atoms with Gasteiger partial charge in [0.25, 0.3) is 0 Å². The zero-order chi connectivity index (χ0) is 30.6. The Morgan fingerprint density at radius 1 is 1.14 bits per heavy atom. The Kier molecular flexibility index (Phi) is 6.95. The number of halogens is 3. The Morgan fingerprint density at radius 3 is 2.82 bits per heavy atom. The molecule has 7 rings (SSSR count). The summed E-state index contributed by atoms with van der Waals surface area (Å²) in [5, 5.41) is 21.1. The number of phenols is 1. The molecule has 0 bridgehead atoms. The highest BCUT2D eigenvalue weighted by atomic mass is 19.1. The summed E-state index contributed by atoms with van der Waals surface area (Å²) < 4.78 is 57.5. The fraction of sp³-hybridized carbons (Fsp3) is 0.364. The highest BCUT2D eigenvalue weighted by molar-refractivity contribution is 6.04. The maximum atomic E-state index is 16.7. The first-order valence-corrected chi connectivity index (χ1v) is 14.5. The lowest BCUT2D eigenvalue weighted by Crippen LogP contribution is -2.44. The van der Waals surface area contributed by atoms with Crippen LogP contribution < -0.4 is 9.64 Å². The number of alkyl halides is 1. The van der Waals surface area contributed by atoms with E-state index in [1.807, 2.05) is 4.90 Å². The van der Waals surface area contributed by atoms with Crippen molar-refractivity contribution in [2.45, 2.75) is 37.1 Å². The molecule has 8 nitrogen and oxygen atoms in total. The summed E-state index contributed by atoms with van der Waals surface area (Å²) in [6.45, 7) is 2.16. The van der Waals surface area contributed by atoms with E-state index in [1.54, 1.807) is 6.07 Å². The van der Waals surface area contributed by atoms with E-state index in [0.29, 0.717) is 36.1 Å². The van der Waals surface area contributed by atoms with Gasteiger partial charge in [0.1, 0.15) is 35.7 Å². The molecule has 3 aliphatic heterocycles. The van der Waals surface area contributed by atoms with Crippen LogP contribution in [-0.2, 0) is 4.74 Å². The summed E-state index contributed by atoms with van der Waals surface area (Å²) >= 11 is 0. The number of morpholine rings is 1. The van der Waals surface area contributed by atoms with Crippen molar-refractivity contribution in [3.63, 3.8) is 0 Å². The largest absolute Gasteiger partial charge is 0.508 e. The van der Waals surface area contributed by atoms with Crippen molar-refractivity contribution >= 4 is 27.5 Å². The van der Waals surface area contributed by atoms with Gasteiger partial charge in [-0.15, -0.1) is 6.42 Å². The number of nitriles is 1. The molecule has 3 fully saturated rings. The number of ether oxygens (including phenoxy) is 2. The van der Waals surface area contributed by atoms with Gasteiger partial charge in [0, 0.05) is 35.8 Å². The summed E-state index contributed by atoms with van der Waals surface area (Å²) in [5.41, 5.74) is -0.341. The minimum Gasteiger partial charge on any atom is -0.508 e. The molecule has 3 aliphatic rings. The van der Waals surface area contributed by atoms with E-state index in [4.69, 9.17) is 15.9 Å². The molecule has 1 N–H and O–H groups in total. The molecule has 11 heteroatoms. The Bertz CT molecular complexity index is 1890. The van der Waals surface area contributed by atoms with Crippen LogP contribution in [0.5, 0.6) is 11.8 Å². The van der Waals surface area contributed by atoms with Crippen molar-refractivity contribution in [1.29, 1.82) is 5.26 Å². The molecule has 4 aromatic rings. The molecule has 0 spiro atoms. The molecule has 0 amide bonds. The van der Waals surface area contributed by atoms with Gasteiger partial charge in [0.2, 0.25) is 0 Å². The second-order valence-corrected chi connectivity index (χ2v) is 11.6. The molecular weight excluding hydrogens is 571 g/mol. The standard InChI is InChI=1S/C33H28F3N5O3/c1-2-23-27(35)7-4-19-12-21(42)13-26(28(19)23)24-5-6-25-30(29(24)36)38-32(39-31(25)40-10-11-43-22(15-37)17-40)44-18-33-8-3-9-41(33)16-20(34)14-33/h1,4-7,12-13,20,22,42H,3,8-11,14,16-18H2/t20-,22?,33+/m1/s1. The average molecular weight is 600 g/mol. The van der Waals surface area contributed by atoms with Gasteiger partial charge in [-0.2, -0.15) is 15.2 Å². The number of terminal acetylenes is 1. The molecule has 224 valence electrons. The van der Waals surface area contributed by atoms with Gasteiger partial charge in [0.15, 0.2) is 11.9 Å². The van der Waals surface area contributed by atoms with Crippen molar-refractivity contribution in [1.82, 2.24) is 14.9 Å². The van der Waals surface area contributed by atoms with Crippen molar-refractivity contribution in [2.24, 2.45) is 0 Å². The van der Waals surface area contributed by atoms with Crippen LogP contribution in [0.1, 0.15) is 24.8 Å². The van der Waals surface area contributed by atoms with Gasteiger partial charge >= 0.3 is 6.01 Å². The molecule has 1 aromatic heterocycles. The second kappa shape index (κ2) is 10.8. The lowest BCUT2D eigenvalue weighted by atomic mass is 9.93. The van der Waals surface area contributed by atoms with Crippen LogP contribution in [0.15, 0.2) is 36.4 Å². The molecule has 3 atom stereocenters. The third kappa shape index (κ3) is 4.64. The smallest absolute Gasteiger partial charge is 0.319 e. The van der Waals surface area contributed by atoms with E-state index in [-0.39, 0.29) is 59.1 Å². The van der Waals surface area contributed by atoms with E-state index in [2.05, 4.69) is 26.9 Å². The number of aromatic hydroxyl groups is 1. The predicted molar refractivity (Wildman–Crippen MR) is 158 cm³/mol. The number of benzene rings is 3. The lowest BCUT2D eigenvalue weighted by Gasteiger charge is -2.32. The third-order valence-electron chi connectivity index (χ3n) is 8.99. The molecule has 0 radical (unpaired) electrons. The van der Waals surface area contributed by atoms with Crippen LogP contribution in [0.4, 0.5) is 19.0 Å². The Hall–Kier alpha value is -4.58. The van der Waals surface area contributed by atoms with Crippen molar-refractivity contribution in [3.05, 3.63) is 53.6 Å². The van der Waals surface area contributed by atoms with Gasteiger partial charge in [-0.1, -0.05) is 18.1 Å². The van der Waals surface area contributed by atoms with Gasteiger partial charge < -0.3 is 19.5 Å². The molecule has 1 unspecified atom stereocenters.